The molecular formula is C18H21N3OS2. The Kier molecular flexibility index (Phi) is 7.41. The van der Waals surface area contributed by atoms with E-state index in [0.29, 0.717) is 10.9 Å². The Balaban J connectivity index is 2.34. The zero-order valence-electron chi connectivity index (χ0n) is 14.0. The van der Waals surface area contributed by atoms with Crippen LogP contribution in [-0.2, 0) is 0 Å². The van der Waals surface area contributed by atoms with Gasteiger partial charge in [0.15, 0.2) is 5.16 Å². The molecule has 126 valence electrons. The van der Waals surface area contributed by atoms with Crippen LogP contribution in [0.4, 0.5) is 0 Å². The van der Waals surface area contributed by atoms with Crippen molar-refractivity contribution in [2.45, 2.75) is 42.7 Å². The standard InChI is InChI=1S/C18H21N3OS2/c1-3-4-5-8-11-24-15-10-7-6-9-13(15)16-14(12-19)17(22)21-18(20-16)23-2/h6-7,9-10H,3-5,8,11H2,1-2H3,(H,20,21,22). The summed E-state index contributed by atoms with van der Waals surface area (Å²) >= 11 is 3.12. The molecule has 0 atom stereocenters. The van der Waals surface area contributed by atoms with Crippen LogP contribution in [0.5, 0.6) is 0 Å². The highest BCUT2D eigenvalue weighted by atomic mass is 32.2. The van der Waals surface area contributed by atoms with Gasteiger partial charge in [0.05, 0.1) is 5.69 Å². The second-order valence-corrected chi connectivity index (χ2v) is 7.25. The van der Waals surface area contributed by atoms with E-state index in [4.69, 9.17) is 0 Å². The molecule has 0 saturated carbocycles. The fraction of sp³-hybridized carbons (Fsp3) is 0.389. The quantitative estimate of drug-likeness (QED) is 0.420. The molecule has 0 aliphatic carbocycles. The number of nitriles is 1. The minimum absolute atomic E-state index is 0.0758. The minimum Gasteiger partial charge on any atom is -0.300 e. The van der Waals surface area contributed by atoms with Crippen molar-refractivity contribution in [1.82, 2.24) is 9.97 Å². The molecule has 2 rings (SSSR count). The smallest absolute Gasteiger partial charge is 0.270 e. The SMILES string of the molecule is CCCCCCSc1ccccc1-c1nc(SC)[nH]c(=O)c1C#N. The maximum absolute atomic E-state index is 12.1. The number of thioether (sulfide) groups is 2. The molecule has 1 aromatic carbocycles. The van der Waals surface area contributed by atoms with Gasteiger partial charge in [0.25, 0.3) is 5.56 Å². The summed E-state index contributed by atoms with van der Waals surface area (Å²) in [6.45, 7) is 2.20. The number of hydrogen-bond acceptors (Lipinski definition) is 5. The summed E-state index contributed by atoms with van der Waals surface area (Å²) < 4.78 is 0. The molecule has 4 nitrogen and oxygen atoms in total. The molecule has 0 saturated heterocycles. The first-order valence-corrected chi connectivity index (χ1v) is 10.2. The van der Waals surface area contributed by atoms with Crippen LogP contribution in [0, 0.1) is 11.3 Å². The molecule has 6 heteroatoms. The Labute approximate surface area is 151 Å². The van der Waals surface area contributed by atoms with Crippen LogP contribution < -0.4 is 5.56 Å². The molecule has 1 N–H and O–H groups in total. The largest absolute Gasteiger partial charge is 0.300 e. The molecule has 0 radical (unpaired) electrons. The Morgan fingerprint density at radius 3 is 2.75 bits per heavy atom. The van der Waals surface area contributed by atoms with Crippen molar-refractivity contribution >= 4 is 23.5 Å². The highest BCUT2D eigenvalue weighted by molar-refractivity contribution is 7.99. The van der Waals surface area contributed by atoms with Crippen LogP contribution in [0.2, 0.25) is 0 Å². The number of benzene rings is 1. The van der Waals surface area contributed by atoms with E-state index in [9.17, 15) is 10.1 Å². The third kappa shape index (κ3) is 4.65. The van der Waals surface area contributed by atoms with E-state index in [1.807, 2.05) is 36.6 Å². The summed E-state index contributed by atoms with van der Waals surface area (Å²) in [4.78, 5) is 20.3. The van der Waals surface area contributed by atoms with Gasteiger partial charge in [-0.05, 0) is 24.5 Å². The van der Waals surface area contributed by atoms with E-state index in [1.165, 1.54) is 31.0 Å². The van der Waals surface area contributed by atoms with Crippen LogP contribution >= 0.6 is 23.5 Å². The predicted molar refractivity (Wildman–Crippen MR) is 102 cm³/mol. The Morgan fingerprint density at radius 2 is 2.04 bits per heavy atom. The minimum atomic E-state index is -0.380. The average molecular weight is 360 g/mol. The first kappa shape index (κ1) is 18.6. The lowest BCUT2D eigenvalue weighted by Crippen LogP contribution is -2.14. The van der Waals surface area contributed by atoms with E-state index >= 15 is 0 Å². The second-order valence-electron chi connectivity index (χ2n) is 5.32. The van der Waals surface area contributed by atoms with Crippen LogP contribution in [0.1, 0.15) is 38.2 Å². The number of nitrogens with zero attached hydrogens (tertiary/aromatic N) is 2. The summed E-state index contributed by atoms with van der Waals surface area (Å²) in [6, 6.07) is 9.86. The molecular weight excluding hydrogens is 338 g/mol. The van der Waals surface area contributed by atoms with Gasteiger partial charge in [0, 0.05) is 10.5 Å². The van der Waals surface area contributed by atoms with Crippen molar-refractivity contribution in [2.24, 2.45) is 0 Å². The third-order valence-electron chi connectivity index (χ3n) is 3.60. The van der Waals surface area contributed by atoms with Gasteiger partial charge < -0.3 is 4.98 Å². The molecule has 0 bridgehead atoms. The number of unbranched alkanes of at least 4 members (excludes halogenated alkanes) is 3. The number of aromatic amines is 1. The van der Waals surface area contributed by atoms with Gasteiger partial charge in [-0.25, -0.2) is 4.98 Å². The number of hydrogen-bond donors (Lipinski definition) is 1. The number of aromatic nitrogens is 2. The fourth-order valence-corrected chi connectivity index (χ4v) is 3.79. The van der Waals surface area contributed by atoms with Crippen LogP contribution in [-0.4, -0.2) is 22.0 Å². The molecule has 0 aliphatic rings. The molecule has 0 fully saturated rings. The van der Waals surface area contributed by atoms with E-state index in [0.717, 1.165) is 22.6 Å². The van der Waals surface area contributed by atoms with Gasteiger partial charge in [0.2, 0.25) is 0 Å². The Bertz CT molecular complexity index is 781. The van der Waals surface area contributed by atoms with Crippen molar-refractivity contribution in [3.05, 3.63) is 40.2 Å². The fourth-order valence-electron chi connectivity index (χ4n) is 2.35. The van der Waals surface area contributed by atoms with Gasteiger partial charge in [-0.2, -0.15) is 5.26 Å². The molecule has 0 amide bonds. The van der Waals surface area contributed by atoms with Crippen LogP contribution in [0.3, 0.4) is 0 Å². The summed E-state index contributed by atoms with van der Waals surface area (Å²) in [5.74, 6) is 1.03. The lowest BCUT2D eigenvalue weighted by molar-refractivity contribution is 0.706. The van der Waals surface area contributed by atoms with Gasteiger partial charge >= 0.3 is 0 Å². The van der Waals surface area contributed by atoms with Crippen molar-refractivity contribution in [3.8, 4) is 17.3 Å². The molecule has 2 aromatic rings. The van der Waals surface area contributed by atoms with E-state index < -0.39 is 0 Å². The predicted octanol–water partition coefficient (Wildman–Crippen LogP) is 4.70. The Morgan fingerprint density at radius 1 is 1.25 bits per heavy atom. The zero-order valence-corrected chi connectivity index (χ0v) is 15.6. The monoisotopic (exact) mass is 359 g/mol. The Hall–Kier alpha value is -1.71. The summed E-state index contributed by atoms with van der Waals surface area (Å²) in [5, 5.41) is 9.89. The van der Waals surface area contributed by atoms with Gasteiger partial charge in [-0.3, -0.25) is 4.79 Å². The summed E-state index contributed by atoms with van der Waals surface area (Å²) in [7, 11) is 0. The maximum Gasteiger partial charge on any atom is 0.270 e. The highest BCUT2D eigenvalue weighted by Gasteiger charge is 2.16. The first-order valence-electron chi connectivity index (χ1n) is 8.01. The van der Waals surface area contributed by atoms with Gasteiger partial charge in [0.1, 0.15) is 11.6 Å². The highest BCUT2D eigenvalue weighted by Crippen LogP contribution is 2.32. The van der Waals surface area contributed by atoms with E-state index in [-0.39, 0.29) is 11.1 Å². The molecule has 0 unspecified atom stereocenters. The van der Waals surface area contributed by atoms with Gasteiger partial charge in [-0.1, -0.05) is 56.1 Å². The van der Waals surface area contributed by atoms with E-state index in [1.54, 1.807) is 11.8 Å². The van der Waals surface area contributed by atoms with Crippen molar-refractivity contribution < 1.29 is 0 Å². The number of H-pyrrole nitrogens is 1. The number of nitrogens with one attached hydrogen (secondary N) is 1. The molecule has 1 aromatic heterocycles. The van der Waals surface area contributed by atoms with Gasteiger partial charge in [-0.15, -0.1) is 11.8 Å². The lowest BCUT2D eigenvalue weighted by Gasteiger charge is -2.10. The van der Waals surface area contributed by atoms with Crippen LogP contribution in [0.25, 0.3) is 11.3 Å². The first-order chi connectivity index (χ1) is 11.7. The van der Waals surface area contributed by atoms with Crippen molar-refractivity contribution in [2.75, 3.05) is 12.0 Å². The molecule has 1 heterocycles. The molecule has 24 heavy (non-hydrogen) atoms. The summed E-state index contributed by atoms with van der Waals surface area (Å²) in [5.41, 5.74) is 1.03. The number of rotatable bonds is 8. The topological polar surface area (TPSA) is 69.5 Å². The second kappa shape index (κ2) is 9.55. The van der Waals surface area contributed by atoms with Crippen LogP contribution in [0.15, 0.2) is 39.1 Å². The average Bonchev–Trinajstić information content (AvgIpc) is 2.61. The van der Waals surface area contributed by atoms with Crippen molar-refractivity contribution in [1.29, 1.82) is 5.26 Å². The zero-order chi connectivity index (χ0) is 17.4. The lowest BCUT2D eigenvalue weighted by atomic mass is 10.1. The molecule has 0 spiro atoms. The molecule has 0 aliphatic heterocycles. The van der Waals surface area contributed by atoms with E-state index in [2.05, 4.69) is 16.9 Å². The normalized spacial score (nSPS) is 10.5. The summed E-state index contributed by atoms with van der Waals surface area (Å²) in [6.07, 6.45) is 6.72. The third-order valence-corrected chi connectivity index (χ3v) is 5.34. The van der Waals surface area contributed by atoms with Crippen molar-refractivity contribution in [3.63, 3.8) is 0 Å². The maximum atomic E-state index is 12.1.